The molecule has 0 aliphatic heterocycles. The third kappa shape index (κ3) is 6.28. The van der Waals surface area contributed by atoms with E-state index in [0.717, 1.165) is 24.8 Å². The van der Waals surface area contributed by atoms with Gasteiger partial charge in [0.1, 0.15) is 5.82 Å². The minimum Gasteiger partial charge on any atom is -0.207 e. The highest BCUT2D eigenvalue weighted by Crippen LogP contribution is 2.21. The van der Waals surface area contributed by atoms with E-state index in [2.05, 4.69) is 97.9 Å². The van der Waals surface area contributed by atoms with E-state index in [0.29, 0.717) is 5.92 Å². The van der Waals surface area contributed by atoms with E-state index in [1.807, 2.05) is 12.1 Å². The molecule has 0 N–H and O–H groups in total. The summed E-state index contributed by atoms with van der Waals surface area (Å²) in [6.07, 6.45) is 7.25. The van der Waals surface area contributed by atoms with Gasteiger partial charge in [-0.05, 0) is 70.7 Å². The quantitative estimate of drug-likeness (QED) is 0.252. The molecule has 0 fully saturated rings. The predicted molar refractivity (Wildman–Crippen MR) is 134 cm³/mol. The Morgan fingerprint density at radius 1 is 0.594 bits per heavy atom. The molecule has 4 aromatic carbocycles. The summed E-state index contributed by atoms with van der Waals surface area (Å²) in [5.74, 6) is 0.334. The summed E-state index contributed by atoms with van der Waals surface area (Å²) in [4.78, 5) is 0. The highest BCUT2D eigenvalue weighted by atomic mass is 19.1. The summed E-state index contributed by atoms with van der Waals surface area (Å²) < 4.78 is 13.0. The Balaban J connectivity index is 1.30. The van der Waals surface area contributed by atoms with Gasteiger partial charge in [0.05, 0.1) is 0 Å². The van der Waals surface area contributed by atoms with Gasteiger partial charge in [-0.25, -0.2) is 4.39 Å². The van der Waals surface area contributed by atoms with Crippen molar-refractivity contribution in [2.24, 2.45) is 0 Å². The van der Waals surface area contributed by atoms with Gasteiger partial charge in [0.25, 0.3) is 0 Å². The predicted octanol–water partition coefficient (Wildman–Crippen LogP) is 8.13. The van der Waals surface area contributed by atoms with Crippen molar-refractivity contribution in [3.05, 3.63) is 142 Å². The maximum absolute atomic E-state index is 13.0. The van der Waals surface area contributed by atoms with Gasteiger partial charge in [-0.3, -0.25) is 0 Å². The van der Waals surface area contributed by atoms with Gasteiger partial charge in [0.2, 0.25) is 0 Å². The van der Waals surface area contributed by atoms with Gasteiger partial charge >= 0.3 is 0 Å². The average Bonchev–Trinajstić information content (AvgIpc) is 2.84. The first kappa shape index (κ1) is 21.8. The standard InChI is InChI=1S/C31H29F/c1-24(30-5-3-2-4-6-30)23-29-17-15-27(16-18-29)12-11-25-7-9-26(10-8-25)13-14-28-19-21-31(32)22-20-28/h2-12,15-22,24H,13-14,23H2,1H3/t24-/m0/s1. The molecule has 0 aromatic heterocycles. The number of hydrogen-bond donors (Lipinski definition) is 0. The van der Waals surface area contributed by atoms with Crippen LogP contribution in [0.5, 0.6) is 0 Å². The van der Waals surface area contributed by atoms with Crippen molar-refractivity contribution in [3.63, 3.8) is 0 Å². The first-order valence-corrected chi connectivity index (χ1v) is 11.3. The number of hydrogen-bond acceptors (Lipinski definition) is 0. The molecule has 0 saturated carbocycles. The van der Waals surface area contributed by atoms with E-state index in [1.165, 1.54) is 39.9 Å². The van der Waals surface area contributed by atoms with Gasteiger partial charge < -0.3 is 0 Å². The molecule has 0 amide bonds. The Kier molecular flexibility index (Phi) is 7.30. The Morgan fingerprint density at radius 2 is 1.06 bits per heavy atom. The van der Waals surface area contributed by atoms with Crippen molar-refractivity contribution in [3.8, 4) is 0 Å². The SMILES string of the molecule is C[C@@H](Cc1ccc(C=Cc2ccc(CCc3ccc(F)cc3)cc2)cc1)c1ccccc1. The van der Waals surface area contributed by atoms with Crippen LogP contribution < -0.4 is 0 Å². The van der Waals surface area contributed by atoms with E-state index in [1.54, 1.807) is 0 Å². The maximum atomic E-state index is 13.0. The molecule has 0 unspecified atom stereocenters. The molecule has 4 aromatic rings. The van der Waals surface area contributed by atoms with E-state index < -0.39 is 0 Å². The second kappa shape index (κ2) is 10.7. The Morgan fingerprint density at radius 3 is 1.59 bits per heavy atom. The summed E-state index contributed by atoms with van der Waals surface area (Å²) in [5, 5.41) is 0. The lowest BCUT2D eigenvalue weighted by molar-refractivity contribution is 0.627. The van der Waals surface area contributed by atoms with Gasteiger partial charge in [-0.2, -0.15) is 0 Å². The van der Waals surface area contributed by atoms with Crippen LogP contribution >= 0.6 is 0 Å². The largest absolute Gasteiger partial charge is 0.207 e. The van der Waals surface area contributed by atoms with Crippen LogP contribution in [0.2, 0.25) is 0 Å². The van der Waals surface area contributed by atoms with Crippen molar-refractivity contribution in [1.82, 2.24) is 0 Å². The summed E-state index contributed by atoms with van der Waals surface area (Å²) in [6, 6.07) is 35.0. The Bertz CT molecular complexity index is 1120. The Hall–Kier alpha value is -3.45. The monoisotopic (exact) mass is 420 g/mol. The fourth-order valence-corrected chi connectivity index (χ4v) is 3.95. The smallest absolute Gasteiger partial charge is 0.123 e. The lowest BCUT2D eigenvalue weighted by Crippen LogP contribution is -1.98. The fraction of sp³-hybridized carbons (Fsp3) is 0.161. The van der Waals surface area contributed by atoms with Gasteiger partial charge in [-0.1, -0.05) is 110 Å². The van der Waals surface area contributed by atoms with Crippen molar-refractivity contribution in [2.75, 3.05) is 0 Å². The molecular formula is C31H29F. The molecule has 1 heteroatoms. The summed E-state index contributed by atoms with van der Waals surface area (Å²) >= 11 is 0. The van der Waals surface area contributed by atoms with Crippen LogP contribution in [0.15, 0.2) is 103 Å². The molecule has 1 atom stereocenters. The lowest BCUT2D eigenvalue weighted by atomic mass is 9.93. The third-order valence-corrected chi connectivity index (χ3v) is 5.95. The van der Waals surface area contributed by atoms with Crippen molar-refractivity contribution in [1.29, 1.82) is 0 Å². The van der Waals surface area contributed by atoms with E-state index >= 15 is 0 Å². The second-order valence-corrected chi connectivity index (χ2v) is 8.46. The second-order valence-electron chi connectivity index (χ2n) is 8.46. The molecule has 0 nitrogen and oxygen atoms in total. The zero-order chi connectivity index (χ0) is 22.2. The number of benzene rings is 4. The van der Waals surface area contributed by atoms with Crippen LogP contribution in [0.1, 0.15) is 46.2 Å². The van der Waals surface area contributed by atoms with Crippen molar-refractivity contribution < 1.29 is 4.39 Å². The van der Waals surface area contributed by atoms with Crippen molar-refractivity contribution in [2.45, 2.75) is 32.1 Å². The van der Waals surface area contributed by atoms with Crippen LogP contribution in [-0.2, 0) is 19.3 Å². The van der Waals surface area contributed by atoms with Crippen LogP contribution in [0.25, 0.3) is 12.2 Å². The van der Waals surface area contributed by atoms with Crippen molar-refractivity contribution >= 4 is 12.2 Å². The normalized spacial score (nSPS) is 12.2. The molecule has 160 valence electrons. The molecule has 32 heavy (non-hydrogen) atoms. The highest BCUT2D eigenvalue weighted by molar-refractivity contribution is 5.69. The van der Waals surface area contributed by atoms with E-state index in [-0.39, 0.29) is 5.82 Å². The van der Waals surface area contributed by atoms with Crippen LogP contribution in [0.4, 0.5) is 4.39 Å². The fourth-order valence-electron chi connectivity index (χ4n) is 3.95. The molecule has 0 spiro atoms. The zero-order valence-electron chi connectivity index (χ0n) is 18.5. The summed E-state index contributed by atoms with van der Waals surface area (Å²) in [7, 11) is 0. The molecule has 0 saturated heterocycles. The molecule has 0 heterocycles. The number of halogens is 1. The number of aryl methyl sites for hydroxylation is 2. The highest BCUT2D eigenvalue weighted by Gasteiger charge is 2.06. The molecular weight excluding hydrogens is 391 g/mol. The summed E-state index contributed by atoms with van der Waals surface area (Å²) in [5.41, 5.74) is 7.61. The van der Waals surface area contributed by atoms with Crippen LogP contribution in [-0.4, -0.2) is 0 Å². The molecule has 4 rings (SSSR count). The topological polar surface area (TPSA) is 0 Å². The van der Waals surface area contributed by atoms with Crippen LogP contribution in [0, 0.1) is 5.82 Å². The van der Waals surface area contributed by atoms with E-state index in [4.69, 9.17) is 0 Å². The maximum Gasteiger partial charge on any atom is 0.123 e. The first-order chi connectivity index (χ1) is 15.7. The minimum absolute atomic E-state index is 0.179. The van der Waals surface area contributed by atoms with Gasteiger partial charge in [0, 0.05) is 0 Å². The molecule has 0 aliphatic carbocycles. The molecule has 0 bridgehead atoms. The summed E-state index contributed by atoms with van der Waals surface area (Å²) in [6.45, 7) is 2.28. The van der Waals surface area contributed by atoms with Gasteiger partial charge in [-0.15, -0.1) is 0 Å². The van der Waals surface area contributed by atoms with Gasteiger partial charge in [0.15, 0.2) is 0 Å². The third-order valence-electron chi connectivity index (χ3n) is 5.95. The zero-order valence-corrected chi connectivity index (χ0v) is 18.5. The Labute approximate surface area is 191 Å². The van der Waals surface area contributed by atoms with E-state index in [9.17, 15) is 4.39 Å². The lowest BCUT2D eigenvalue weighted by Gasteiger charge is -2.12. The molecule has 0 aliphatic rings. The molecule has 0 radical (unpaired) electrons. The number of rotatable bonds is 8. The minimum atomic E-state index is -0.179. The average molecular weight is 421 g/mol. The first-order valence-electron chi connectivity index (χ1n) is 11.3. The van der Waals surface area contributed by atoms with Crippen LogP contribution in [0.3, 0.4) is 0 Å².